The SMILES string of the molecule is CCCC(N)C(=O)NC1CCC1. The molecule has 0 aromatic heterocycles. The predicted molar refractivity (Wildman–Crippen MR) is 48.7 cm³/mol. The molecule has 0 heterocycles. The van der Waals surface area contributed by atoms with Gasteiger partial charge in [0.1, 0.15) is 0 Å². The van der Waals surface area contributed by atoms with Gasteiger partial charge in [-0.2, -0.15) is 0 Å². The number of hydrogen-bond acceptors (Lipinski definition) is 2. The number of nitrogens with one attached hydrogen (secondary N) is 1. The number of carbonyl (C=O) groups is 1. The quantitative estimate of drug-likeness (QED) is 0.655. The van der Waals surface area contributed by atoms with E-state index in [4.69, 9.17) is 5.73 Å². The van der Waals surface area contributed by atoms with Crippen molar-refractivity contribution >= 4 is 5.91 Å². The predicted octanol–water partition coefficient (Wildman–Crippen LogP) is 0.782. The Morgan fingerprint density at radius 3 is 2.75 bits per heavy atom. The molecule has 0 bridgehead atoms. The van der Waals surface area contributed by atoms with Crippen molar-refractivity contribution in [3.05, 3.63) is 0 Å². The lowest BCUT2D eigenvalue weighted by Gasteiger charge is -2.27. The summed E-state index contributed by atoms with van der Waals surface area (Å²) in [6.07, 6.45) is 5.26. The molecule has 3 heteroatoms. The molecule has 0 saturated heterocycles. The first-order chi connectivity index (χ1) is 5.74. The third-order valence-corrected chi connectivity index (χ3v) is 2.39. The molecule has 1 unspecified atom stereocenters. The van der Waals surface area contributed by atoms with Gasteiger partial charge in [0.2, 0.25) is 5.91 Å². The van der Waals surface area contributed by atoms with Gasteiger partial charge in [0.15, 0.2) is 0 Å². The van der Waals surface area contributed by atoms with E-state index in [1.54, 1.807) is 0 Å². The fraction of sp³-hybridized carbons (Fsp3) is 0.889. The summed E-state index contributed by atoms with van der Waals surface area (Å²) >= 11 is 0. The molecule has 1 fully saturated rings. The molecule has 0 aliphatic heterocycles. The van der Waals surface area contributed by atoms with Gasteiger partial charge in [-0.1, -0.05) is 13.3 Å². The van der Waals surface area contributed by atoms with Gasteiger partial charge in [-0.05, 0) is 25.7 Å². The van der Waals surface area contributed by atoms with E-state index < -0.39 is 0 Å². The fourth-order valence-electron chi connectivity index (χ4n) is 1.30. The second-order valence-corrected chi connectivity index (χ2v) is 3.53. The molecular weight excluding hydrogens is 152 g/mol. The Balaban J connectivity index is 2.16. The zero-order valence-electron chi connectivity index (χ0n) is 7.68. The van der Waals surface area contributed by atoms with E-state index in [0.29, 0.717) is 6.04 Å². The molecule has 70 valence electrons. The first-order valence-electron chi connectivity index (χ1n) is 4.80. The standard InChI is InChI=1S/C9H18N2O/c1-2-4-8(10)9(12)11-7-5-3-6-7/h7-8H,2-6,10H2,1H3,(H,11,12). The summed E-state index contributed by atoms with van der Waals surface area (Å²) in [6.45, 7) is 2.04. The average Bonchev–Trinajstić information content (AvgIpc) is 1.97. The molecule has 1 aliphatic carbocycles. The molecule has 1 rings (SSSR count). The zero-order chi connectivity index (χ0) is 8.97. The minimum Gasteiger partial charge on any atom is -0.352 e. The van der Waals surface area contributed by atoms with Crippen LogP contribution in [-0.4, -0.2) is 18.0 Å². The molecule has 0 aromatic carbocycles. The highest BCUT2D eigenvalue weighted by molar-refractivity contribution is 5.81. The lowest BCUT2D eigenvalue weighted by Crippen LogP contribution is -2.47. The minimum absolute atomic E-state index is 0.0292. The largest absolute Gasteiger partial charge is 0.352 e. The molecule has 3 nitrogen and oxygen atoms in total. The van der Waals surface area contributed by atoms with E-state index in [2.05, 4.69) is 5.32 Å². The normalized spacial score (nSPS) is 19.8. The van der Waals surface area contributed by atoms with Gasteiger partial charge in [-0.25, -0.2) is 0 Å². The molecule has 12 heavy (non-hydrogen) atoms. The second-order valence-electron chi connectivity index (χ2n) is 3.53. The van der Waals surface area contributed by atoms with Crippen molar-refractivity contribution < 1.29 is 4.79 Å². The van der Waals surface area contributed by atoms with Crippen LogP contribution in [0.3, 0.4) is 0 Å². The third kappa shape index (κ3) is 2.48. The van der Waals surface area contributed by atoms with Gasteiger partial charge < -0.3 is 11.1 Å². The Morgan fingerprint density at radius 1 is 1.67 bits per heavy atom. The third-order valence-electron chi connectivity index (χ3n) is 2.39. The maximum Gasteiger partial charge on any atom is 0.237 e. The molecule has 3 N–H and O–H groups in total. The van der Waals surface area contributed by atoms with Crippen molar-refractivity contribution in [2.45, 2.75) is 51.1 Å². The molecule has 0 aromatic rings. The van der Waals surface area contributed by atoms with Crippen LogP contribution in [0.25, 0.3) is 0 Å². The van der Waals surface area contributed by atoms with Gasteiger partial charge in [0.25, 0.3) is 0 Å². The van der Waals surface area contributed by atoms with Crippen LogP contribution in [0.4, 0.5) is 0 Å². The van der Waals surface area contributed by atoms with Crippen molar-refractivity contribution in [2.24, 2.45) is 5.73 Å². The van der Waals surface area contributed by atoms with E-state index >= 15 is 0 Å². The Hall–Kier alpha value is -0.570. The first kappa shape index (κ1) is 9.52. The van der Waals surface area contributed by atoms with E-state index in [0.717, 1.165) is 25.7 Å². The minimum atomic E-state index is -0.296. The van der Waals surface area contributed by atoms with Gasteiger partial charge in [-0.15, -0.1) is 0 Å². The lowest BCUT2D eigenvalue weighted by molar-refractivity contribution is -0.123. The van der Waals surface area contributed by atoms with E-state index in [-0.39, 0.29) is 11.9 Å². The second kappa shape index (κ2) is 4.45. The molecule has 1 aliphatic rings. The van der Waals surface area contributed by atoms with Gasteiger partial charge >= 0.3 is 0 Å². The molecule has 1 amide bonds. The molecule has 0 spiro atoms. The summed E-state index contributed by atoms with van der Waals surface area (Å²) in [5.41, 5.74) is 5.64. The van der Waals surface area contributed by atoms with Crippen LogP contribution >= 0.6 is 0 Å². The van der Waals surface area contributed by atoms with Crippen molar-refractivity contribution in [3.63, 3.8) is 0 Å². The fourth-order valence-corrected chi connectivity index (χ4v) is 1.30. The van der Waals surface area contributed by atoms with Gasteiger partial charge in [0, 0.05) is 6.04 Å². The number of hydrogen-bond donors (Lipinski definition) is 2. The van der Waals surface area contributed by atoms with Crippen LogP contribution < -0.4 is 11.1 Å². The maximum absolute atomic E-state index is 11.3. The van der Waals surface area contributed by atoms with Gasteiger partial charge in [0.05, 0.1) is 6.04 Å². The monoisotopic (exact) mass is 170 g/mol. The van der Waals surface area contributed by atoms with Crippen LogP contribution in [0.2, 0.25) is 0 Å². The Bertz CT molecular complexity index is 155. The van der Waals surface area contributed by atoms with E-state index in [1.165, 1.54) is 6.42 Å². The van der Waals surface area contributed by atoms with Crippen LogP contribution in [0.15, 0.2) is 0 Å². The molecule has 0 radical (unpaired) electrons. The van der Waals surface area contributed by atoms with Gasteiger partial charge in [-0.3, -0.25) is 4.79 Å². The summed E-state index contributed by atoms with van der Waals surface area (Å²) in [7, 11) is 0. The Labute approximate surface area is 73.7 Å². The van der Waals surface area contributed by atoms with Crippen molar-refractivity contribution in [2.75, 3.05) is 0 Å². The molecule has 1 saturated carbocycles. The smallest absolute Gasteiger partial charge is 0.237 e. The van der Waals surface area contributed by atoms with E-state index in [1.807, 2.05) is 6.92 Å². The highest BCUT2D eigenvalue weighted by atomic mass is 16.2. The number of amides is 1. The number of rotatable bonds is 4. The highest BCUT2D eigenvalue weighted by Gasteiger charge is 2.21. The summed E-state index contributed by atoms with van der Waals surface area (Å²) < 4.78 is 0. The molecular formula is C9H18N2O. The maximum atomic E-state index is 11.3. The summed E-state index contributed by atoms with van der Waals surface area (Å²) in [5.74, 6) is 0.0292. The topological polar surface area (TPSA) is 55.1 Å². The summed E-state index contributed by atoms with van der Waals surface area (Å²) in [6, 6.07) is 0.121. The number of nitrogens with two attached hydrogens (primary N) is 1. The Kier molecular flexibility index (Phi) is 3.53. The van der Waals surface area contributed by atoms with Crippen molar-refractivity contribution in [3.8, 4) is 0 Å². The number of carbonyl (C=O) groups excluding carboxylic acids is 1. The van der Waals surface area contributed by atoms with Crippen LogP contribution in [-0.2, 0) is 4.79 Å². The molecule has 1 atom stereocenters. The summed E-state index contributed by atoms with van der Waals surface area (Å²) in [5, 5.41) is 2.94. The lowest BCUT2D eigenvalue weighted by atomic mass is 9.93. The first-order valence-corrected chi connectivity index (χ1v) is 4.80. The van der Waals surface area contributed by atoms with Crippen molar-refractivity contribution in [1.82, 2.24) is 5.32 Å². The zero-order valence-corrected chi connectivity index (χ0v) is 7.68. The Morgan fingerprint density at radius 2 is 2.33 bits per heavy atom. The van der Waals surface area contributed by atoms with Crippen LogP contribution in [0.1, 0.15) is 39.0 Å². The van der Waals surface area contributed by atoms with E-state index in [9.17, 15) is 4.79 Å². The summed E-state index contributed by atoms with van der Waals surface area (Å²) in [4.78, 5) is 11.3. The van der Waals surface area contributed by atoms with Crippen LogP contribution in [0.5, 0.6) is 0 Å². The van der Waals surface area contributed by atoms with Crippen molar-refractivity contribution in [1.29, 1.82) is 0 Å². The average molecular weight is 170 g/mol. The highest BCUT2D eigenvalue weighted by Crippen LogP contribution is 2.17. The van der Waals surface area contributed by atoms with Crippen LogP contribution in [0, 0.1) is 0 Å².